The number of carbonyl (C=O) groups excluding carboxylic acids is 1. The monoisotopic (exact) mass is 245 g/mol. The van der Waals surface area contributed by atoms with Crippen LogP contribution in [0.1, 0.15) is 28.8 Å². The fourth-order valence-electron chi connectivity index (χ4n) is 1.48. The second-order valence-corrected chi connectivity index (χ2v) is 3.96. The summed E-state index contributed by atoms with van der Waals surface area (Å²) in [6.07, 6.45) is 5.86. The quantitative estimate of drug-likeness (QED) is 0.804. The first-order valence-electron chi connectivity index (χ1n) is 5.54. The molecule has 0 saturated heterocycles. The van der Waals surface area contributed by atoms with E-state index in [1.54, 1.807) is 24.1 Å². The summed E-state index contributed by atoms with van der Waals surface area (Å²) in [4.78, 5) is 23.9. The summed E-state index contributed by atoms with van der Waals surface area (Å²) in [5.74, 6) is 1.45. The molecular weight excluding hydrogens is 230 g/mol. The zero-order valence-corrected chi connectivity index (χ0v) is 10.2. The lowest BCUT2D eigenvalue weighted by Gasteiger charge is -2.16. The van der Waals surface area contributed by atoms with E-state index >= 15 is 0 Å². The molecule has 0 saturated carbocycles. The van der Waals surface area contributed by atoms with Gasteiger partial charge in [-0.3, -0.25) is 4.79 Å². The molecule has 0 spiro atoms. The number of carbonyl (C=O) groups is 2. The summed E-state index contributed by atoms with van der Waals surface area (Å²) in [5.41, 5.74) is 1.12. The van der Waals surface area contributed by atoms with Crippen LogP contribution in [0.4, 0.5) is 0 Å². The van der Waals surface area contributed by atoms with E-state index in [1.165, 1.54) is 12.1 Å². The molecule has 1 rings (SSSR count). The highest BCUT2D eigenvalue weighted by Crippen LogP contribution is 2.08. The first kappa shape index (κ1) is 13.8. The van der Waals surface area contributed by atoms with Crippen molar-refractivity contribution >= 4 is 11.9 Å². The minimum absolute atomic E-state index is 0.0183. The summed E-state index contributed by atoms with van der Waals surface area (Å²) in [6.45, 7) is 0.448. The van der Waals surface area contributed by atoms with E-state index in [4.69, 9.17) is 11.5 Å². The Balaban J connectivity index is 2.59. The van der Waals surface area contributed by atoms with E-state index in [0.717, 1.165) is 5.56 Å². The first-order valence-corrected chi connectivity index (χ1v) is 5.54. The number of carboxylic acid groups (broad SMARTS) is 1. The third-order valence-corrected chi connectivity index (χ3v) is 2.53. The molecule has 0 aliphatic carbocycles. The van der Waals surface area contributed by atoms with Gasteiger partial charge in [0.1, 0.15) is 0 Å². The highest BCUT2D eigenvalue weighted by Gasteiger charge is 2.09. The van der Waals surface area contributed by atoms with Crippen molar-refractivity contribution in [1.29, 1.82) is 0 Å². The lowest BCUT2D eigenvalue weighted by atomic mass is 10.1. The van der Waals surface area contributed by atoms with Crippen LogP contribution in [0.15, 0.2) is 24.3 Å². The predicted molar refractivity (Wildman–Crippen MR) is 67.9 cm³/mol. The molecule has 0 fully saturated rings. The van der Waals surface area contributed by atoms with Crippen LogP contribution < -0.4 is 0 Å². The van der Waals surface area contributed by atoms with Crippen molar-refractivity contribution < 1.29 is 14.7 Å². The number of carboxylic acids is 1. The SMILES string of the molecule is C#CCCC(=O)N(C)Cc1ccc(C(=O)O)cc1. The average Bonchev–Trinajstić information content (AvgIpc) is 2.36. The number of aromatic carboxylic acids is 1. The maximum atomic E-state index is 11.6. The Kier molecular flexibility index (Phi) is 4.94. The smallest absolute Gasteiger partial charge is 0.335 e. The maximum Gasteiger partial charge on any atom is 0.335 e. The molecule has 0 radical (unpaired) electrons. The highest BCUT2D eigenvalue weighted by molar-refractivity contribution is 5.87. The number of rotatable bonds is 5. The number of amides is 1. The molecule has 0 aliphatic heterocycles. The van der Waals surface area contributed by atoms with E-state index in [2.05, 4.69) is 5.92 Å². The largest absolute Gasteiger partial charge is 0.478 e. The van der Waals surface area contributed by atoms with Crippen molar-refractivity contribution in [2.75, 3.05) is 7.05 Å². The topological polar surface area (TPSA) is 57.6 Å². The Labute approximate surface area is 106 Å². The van der Waals surface area contributed by atoms with E-state index in [-0.39, 0.29) is 11.5 Å². The van der Waals surface area contributed by atoms with Gasteiger partial charge in [0.25, 0.3) is 0 Å². The van der Waals surface area contributed by atoms with Gasteiger partial charge in [0.15, 0.2) is 0 Å². The van der Waals surface area contributed by atoms with Crippen LogP contribution in [-0.2, 0) is 11.3 Å². The van der Waals surface area contributed by atoms with E-state index in [0.29, 0.717) is 19.4 Å². The third-order valence-electron chi connectivity index (χ3n) is 2.53. The normalized spacial score (nSPS) is 9.56. The Morgan fingerprint density at radius 1 is 1.33 bits per heavy atom. The van der Waals surface area contributed by atoms with E-state index in [1.807, 2.05) is 0 Å². The van der Waals surface area contributed by atoms with Crippen LogP contribution in [0.25, 0.3) is 0 Å². The molecule has 0 aromatic heterocycles. The van der Waals surface area contributed by atoms with Gasteiger partial charge in [-0.2, -0.15) is 0 Å². The minimum Gasteiger partial charge on any atom is -0.478 e. The molecule has 0 heterocycles. The number of terminal acetylenes is 1. The summed E-state index contributed by atoms with van der Waals surface area (Å²) in [7, 11) is 1.70. The van der Waals surface area contributed by atoms with Crippen LogP contribution in [0.3, 0.4) is 0 Å². The molecule has 4 heteroatoms. The lowest BCUT2D eigenvalue weighted by molar-refractivity contribution is -0.130. The fourth-order valence-corrected chi connectivity index (χ4v) is 1.48. The number of benzene rings is 1. The molecule has 0 unspecified atom stereocenters. The first-order chi connectivity index (χ1) is 8.54. The minimum atomic E-state index is -0.958. The average molecular weight is 245 g/mol. The molecule has 1 aromatic carbocycles. The molecule has 0 atom stereocenters. The maximum absolute atomic E-state index is 11.6. The van der Waals surface area contributed by atoms with Gasteiger partial charge in [0.2, 0.25) is 5.91 Å². The summed E-state index contributed by atoms with van der Waals surface area (Å²) >= 11 is 0. The van der Waals surface area contributed by atoms with Gasteiger partial charge in [0, 0.05) is 26.4 Å². The Morgan fingerprint density at radius 3 is 2.44 bits per heavy atom. The highest BCUT2D eigenvalue weighted by atomic mass is 16.4. The van der Waals surface area contributed by atoms with Gasteiger partial charge in [-0.25, -0.2) is 4.79 Å². The second kappa shape index (κ2) is 6.45. The van der Waals surface area contributed by atoms with Gasteiger partial charge in [-0.15, -0.1) is 12.3 Å². The molecule has 1 amide bonds. The van der Waals surface area contributed by atoms with Gasteiger partial charge in [-0.05, 0) is 17.7 Å². The molecule has 94 valence electrons. The molecule has 4 nitrogen and oxygen atoms in total. The standard InChI is InChI=1S/C14H15NO3/c1-3-4-5-13(16)15(2)10-11-6-8-12(9-7-11)14(17)18/h1,6-9H,4-5,10H2,2H3,(H,17,18). The predicted octanol–water partition coefficient (Wildman–Crippen LogP) is 1.76. The molecular formula is C14H15NO3. The zero-order chi connectivity index (χ0) is 13.5. The molecule has 1 N–H and O–H groups in total. The second-order valence-electron chi connectivity index (χ2n) is 3.96. The van der Waals surface area contributed by atoms with Gasteiger partial charge >= 0.3 is 5.97 Å². The summed E-state index contributed by atoms with van der Waals surface area (Å²) < 4.78 is 0. The molecule has 0 aliphatic rings. The Bertz CT molecular complexity index is 471. The van der Waals surface area contributed by atoms with Gasteiger partial charge < -0.3 is 10.0 Å². The molecule has 1 aromatic rings. The van der Waals surface area contributed by atoms with Crippen LogP contribution in [-0.4, -0.2) is 28.9 Å². The number of hydrogen-bond donors (Lipinski definition) is 1. The Hall–Kier alpha value is -2.28. The van der Waals surface area contributed by atoms with E-state index in [9.17, 15) is 9.59 Å². The summed E-state index contributed by atoms with van der Waals surface area (Å²) in [5, 5.41) is 8.76. The Morgan fingerprint density at radius 2 is 1.94 bits per heavy atom. The van der Waals surface area contributed by atoms with Crippen molar-refractivity contribution in [1.82, 2.24) is 4.90 Å². The van der Waals surface area contributed by atoms with Crippen molar-refractivity contribution in [3.8, 4) is 12.3 Å². The third kappa shape index (κ3) is 3.95. The van der Waals surface area contributed by atoms with Crippen LogP contribution in [0, 0.1) is 12.3 Å². The molecule has 18 heavy (non-hydrogen) atoms. The lowest BCUT2D eigenvalue weighted by Crippen LogP contribution is -2.25. The van der Waals surface area contributed by atoms with Crippen molar-refractivity contribution in [3.05, 3.63) is 35.4 Å². The van der Waals surface area contributed by atoms with Crippen LogP contribution in [0.2, 0.25) is 0 Å². The van der Waals surface area contributed by atoms with Crippen LogP contribution in [0.5, 0.6) is 0 Å². The zero-order valence-electron chi connectivity index (χ0n) is 10.2. The van der Waals surface area contributed by atoms with Crippen molar-refractivity contribution in [2.24, 2.45) is 0 Å². The molecule has 0 bridgehead atoms. The van der Waals surface area contributed by atoms with Crippen LogP contribution >= 0.6 is 0 Å². The fraction of sp³-hybridized carbons (Fsp3) is 0.286. The summed E-state index contributed by atoms with van der Waals surface area (Å²) in [6, 6.07) is 6.46. The van der Waals surface area contributed by atoms with Gasteiger partial charge in [0.05, 0.1) is 5.56 Å². The van der Waals surface area contributed by atoms with Gasteiger partial charge in [-0.1, -0.05) is 12.1 Å². The number of hydrogen-bond acceptors (Lipinski definition) is 2. The van der Waals surface area contributed by atoms with Crippen molar-refractivity contribution in [3.63, 3.8) is 0 Å². The number of nitrogens with zero attached hydrogens (tertiary/aromatic N) is 1. The van der Waals surface area contributed by atoms with E-state index < -0.39 is 5.97 Å². The van der Waals surface area contributed by atoms with Crippen molar-refractivity contribution in [2.45, 2.75) is 19.4 Å².